The van der Waals surface area contributed by atoms with Gasteiger partial charge in [-0.05, 0) is 17.5 Å². The fourth-order valence-electron chi connectivity index (χ4n) is 2.48. The molecule has 1 amide bonds. The molecule has 7 heteroatoms. The molecule has 1 N–H and O–H groups in total. The van der Waals surface area contributed by atoms with Gasteiger partial charge in [0.2, 0.25) is 5.91 Å². The maximum absolute atomic E-state index is 12.1. The Bertz CT molecular complexity index is 865. The molecule has 0 bridgehead atoms. The molecule has 0 aliphatic carbocycles. The van der Waals surface area contributed by atoms with E-state index >= 15 is 0 Å². The number of aryl methyl sites for hydroxylation is 1. The second-order valence-electron chi connectivity index (χ2n) is 5.34. The van der Waals surface area contributed by atoms with Gasteiger partial charge in [-0.2, -0.15) is 5.10 Å². The third-order valence-corrected chi connectivity index (χ3v) is 3.69. The fraction of sp³-hybridized carbons (Fsp3) is 0.235. The van der Waals surface area contributed by atoms with E-state index in [1.807, 2.05) is 41.1 Å². The normalized spacial score (nSPS) is 10.7. The molecule has 0 aliphatic heterocycles. The highest BCUT2D eigenvalue weighted by atomic mass is 16.5. The lowest BCUT2D eigenvalue weighted by molar-refractivity contribution is -0.141. The Hall–Kier alpha value is -3.09. The van der Waals surface area contributed by atoms with Crippen LogP contribution in [0.4, 0.5) is 5.82 Å². The van der Waals surface area contributed by atoms with Crippen LogP contribution in [0.1, 0.15) is 6.42 Å². The van der Waals surface area contributed by atoms with Gasteiger partial charge in [0.15, 0.2) is 5.82 Å². The van der Waals surface area contributed by atoms with Crippen LogP contribution in [-0.4, -0.2) is 33.3 Å². The maximum atomic E-state index is 12.1. The van der Waals surface area contributed by atoms with Gasteiger partial charge in [0.1, 0.15) is 6.54 Å². The van der Waals surface area contributed by atoms with E-state index in [1.54, 1.807) is 12.3 Å². The van der Waals surface area contributed by atoms with Crippen LogP contribution in [-0.2, 0) is 27.4 Å². The van der Waals surface area contributed by atoms with Crippen LogP contribution in [0, 0.1) is 0 Å². The third-order valence-electron chi connectivity index (χ3n) is 3.69. The number of carbonyl (C=O) groups excluding carboxylic acids is 2. The number of nitrogens with one attached hydrogen (secondary N) is 1. The smallest absolute Gasteiger partial charge is 0.327 e. The summed E-state index contributed by atoms with van der Waals surface area (Å²) in [5.74, 6) is -0.104. The molecule has 0 saturated carbocycles. The second-order valence-corrected chi connectivity index (χ2v) is 5.34. The minimum absolute atomic E-state index is 0.0156. The lowest BCUT2D eigenvalue weighted by atomic mass is 10.2. The average Bonchev–Trinajstić information content (AvgIpc) is 3.19. The number of esters is 1. The molecule has 0 atom stereocenters. The minimum atomic E-state index is -0.393. The summed E-state index contributed by atoms with van der Waals surface area (Å²) in [5.41, 5.74) is 1.10. The van der Waals surface area contributed by atoms with Crippen LogP contribution in [0.2, 0.25) is 0 Å². The van der Waals surface area contributed by atoms with Crippen molar-refractivity contribution in [3.63, 3.8) is 0 Å². The van der Waals surface area contributed by atoms with Crippen LogP contribution >= 0.6 is 0 Å². The summed E-state index contributed by atoms with van der Waals surface area (Å²) in [6.45, 7) is 0.601. The summed E-state index contributed by atoms with van der Waals surface area (Å²) in [6.07, 6.45) is 3.93. The Morgan fingerprint density at radius 1 is 1.17 bits per heavy atom. The van der Waals surface area contributed by atoms with Crippen LogP contribution in [0.25, 0.3) is 10.9 Å². The summed E-state index contributed by atoms with van der Waals surface area (Å²) >= 11 is 0. The Morgan fingerprint density at radius 3 is 2.83 bits per heavy atom. The molecule has 2 aromatic heterocycles. The zero-order valence-electron chi connectivity index (χ0n) is 13.3. The van der Waals surface area contributed by atoms with Gasteiger partial charge in [-0.3, -0.25) is 14.3 Å². The highest BCUT2D eigenvalue weighted by Crippen LogP contribution is 2.15. The third kappa shape index (κ3) is 3.62. The van der Waals surface area contributed by atoms with Gasteiger partial charge >= 0.3 is 5.97 Å². The predicted octanol–water partition coefficient (Wildman–Crippen LogP) is 2.04. The molecular weight excluding hydrogens is 308 g/mol. The SMILES string of the molecule is COC(=O)Cn1ccc(NC(=O)CCn2ccc3ccccc32)n1. The number of aromatic nitrogens is 3. The van der Waals surface area contributed by atoms with E-state index in [4.69, 9.17) is 0 Å². The first kappa shape index (κ1) is 15.8. The Labute approximate surface area is 138 Å². The molecule has 7 nitrogen and oxygen atoms in total. The molecule has 3 rings (SSSR count). The van der Waals surface area contributed by atoms with E-state index < -0.39 is 5.97 Å². The van der Waals surface area contributed by atoms with Crippen molar-refractivity contribution in [2.24, 2.45) is 0 Å². The quantitative estimate of drug-likeness (QED) is 0.703. The van der Waals surface area contributed by atoms with Gasteiger partial charge in [0, 0.05) is 36.9 Å². The van der Waals surface area contributed by atoms with Crippen LogP contribution in [0.3, 0.4) is 0 Å². The van der Waals surface area contributed by atoms with E-state index in [0.717, 1.165) is 10.9 Å². The number of carbonyl (C=O) groups is 2. The summed E-state index contributed by atoms with van der Waals surface area (Å²) in [5, 5.41) is 7.99. The molecule has 0 spiro atoms. The monoisotopic (exact) mass is 326 g/mol. The number of benzene rings is 1. The number of rotatable bonds is 6. The number of ether oxygens (including phenoxy) is 1. The van der Waals surface area contributed by atoms with Crippen molar-refractivity contribution in [1.82, 2.24) is 14.3 Å². The maximum Gasteiger partial charge on any atom is 0.327 e. The molecule has 0 saturated heterocycles. The van der Waals surface area contributed by atoms with Crippen molar-refractivity contribution in [3.8, 4) is 0 Å². The first-order valence-electron chi connectivity index (χ1n) is 7.60. The molecular formula is C17H18N4O3. The van der Waals surface area contributed by atoms with E-state index in [9.17, 15) is 9.59 Å². The molecule has 0 fully saturated rings. The van der Waals surface area contributed by atoms with Crippen LogP contribution < -0.4 is 5.32 Å². The summed E-state index contributed by atoms with van der Waals surface area (Å²) in [4.78, 5) is 23.2. The van der Waals surface area contributed by atoms with Crippen molar-refractivity contribution in [1.29, 1.82) is 0 Å². The van der Waals surface area contributed by atoms with Gasteiger partial charge in [-0.1, -0.05) is 18.2 Å². The number of fused-ring (bicyclic) bond motifs is 1. The Kier molecular flexibility index (Phi) is 4.60. The molecule has 24 heavy (non-hydrogen) atoms. The number of amides is 1. The van der Waals surface area contributed by atoms with Crippen LogP contribution in [0.15, 0.2) is 48.8 Å². The summed E-state index contributed by atoms with van der Waals surface area (Å²) in [6, 6.07) is 11.7. The highest BCUT2D eigenvalue weighted by molar-refractivity contribution is 5.89. The first-order chi connectivity index (χ1) is 11.7. The van der Waals surface area contributed by atoms with E-state index in [0.29, 0.717) is 18.8 Å². The highest BCUT2D eigenvalue weighted by Gasteiger charge is 2.08. The molecule has 0 radical (unpaired) electrons. The van der Waals surface area contributed by atoms with Gasteiger partial charge in [0.05, 0.1) is 7.11 Å². The molecule has 1 aromatic carbocycles. The Morgan fingerprint density at radius 2 is 2.00 bits per heavy atom. The molecule has 0 aliphatic rings. The predicted molar refractivity (Wildman–Crippen MR) is 89.4 cm³/mol. The van der Waals surface area contributed by atoms with Crippen molar-refractivity contribution in [2.45, 2.75) is 19.5 Å². The largest absolute Gasteiger partial charge is 0.468 e. The van der Waals surface area contributed by atoms with Gasteiger partial charge in [0.25, 0.3) is 0 Å². The average molecular weight is 326 g/mol. The van der Waals surface area contributed by atoms with Crippen molar-refractivity contribution >= 4 is 28.6 Å². The van der Waals surface area contributed by atoms with E-state index in [-0.39, 0.29) is 12.5 Å². The zero-order valence-corrected chi connectivity index (χ0v) is 13.3. The molecule has 0 unspecified atom stereocenters. The first-order valence-corrected chi connectivity index (χ1v) is 7.60. The lowest BCUT2D eigenvalue weighted by Crippen LogP contribution is -2.16. The van der Waals surface area contributed by atoms with Crippen molar-refractivity contribution in [2.75, 3.05) is 12.4 Å². The van der Waals surface area contributed by atoms with E-state index in [2.05, 4.69) is 15.2 Å². The number of methoxy groups -OCH3 is 1. The lowest BCUT2D eigenvalue weighted by Gasteiger charge is -2.05. The van der Waals surface area contributed by atoms with Gasteiger partial charge in [-0.25, -0.2) is 0 Å². The van der Waals surface area contributed by atoms with Crippen molar-refractivity contribution in [3.05, 3.63) is 48.8 Å². The molecule has 2 heterocycles. The fourth-order valence-corrected chi connectivity index (χ4v) is 2.48. The van der Waals surface area contributed by atoms with Crippen LogP contribution in [0.5, 0.6) is 0 Å². The number of nitrogens with zero attached hydrogens (tertiary/aromatic N) is 3. The van der Waals surface area contributed by atoms with Gasteiger partial charge in [-0.15, -0.1) is 0 Å². The topological polar surface area (TPSA) is 78.1 Å². The number of hydrogen-bond donors (Lipinski definition) is 1. The number of para-hydroxylation sites is 1. The van der Waals surface area contributed by atoms with E-state index in [1.165, 1.54) is 11.8 Å². The minimum Gasteiger partial charge on any atom is -0.468 e. The Balaban J connectivity index is 1.55. The summed E-state index contributed by atoms with van der Waals surface area (Å²) in [7, 11) is 1.32. The molecule has 124 valence electrons. The van der Waals surface area contributed by atoms with Crippen molar-refractivity contribution < 1.29 is 14.3 Å². The van der Waals surface area contributed by atoms with Gasteiger partial charge < -0.3 is 14.6 Å². The second kappa shape index (κ2) is 6.99. The number of hydrogen-bond acceptors (Lipinski definition) is 4. The zero-order chi connectivity index (χ0) is 16.9. The standard InChI is InChI=1S/C17H18N4O3/c1-24-17(23)12-21-11-7-15(19-21)18-16(22)8-10-20-9-6-13-4-2-3-5-14(13)20/h2-7,9,11H,8,10,12H2,1H3,(H,18,19,22). The summed E-state index contributed by atoms with van der Waals surface area (Å²) < 4.78 is 8.03. The number of anilines is 1. The molecule has 3 aromatic rings.